The first kappa shape index (κ1) is 17.5. The molecule has 0 saturated carbocycles. The van der Waals surface area contributed by atoms with Crippen molar-refractivity contribution >= 4 is 5.91 Å². The Balaban J connectivity index is 1.59. The van der Waals surface area contributed by atoms with Gasteiger partial charge in [-0.25, -0.2) is 0 Å². The fraction of sp³-hybridized carbons (Fsp3) is 0.722. The molecule has 0 bridgehead atoms. The summed E-state index contributed by atoms with van der Waals surface area (Å²) in [5, 5.41) is 0. The van der Waals surface area contributed by atoms with Crippen molar-refractivity contribution in [1.29, 1.82) is 0 Å². The Hall–Kier alpha value is -1.37. The smallest absolute Gasteiger partial charge is 0.289 e. The molecule has 6 nitrogen and oxygen atoms in total. The number of likely N-dealkylation sites (tertiary alicyclic amines) is 1. The zero-order valence-electron chi connectivity index (χ0n) is 14.5. The van der Waals surface area contributed by atoms with Crippen molar-refractivity contribution in [3.63, 3.8) is 0 Å². The second-order valence-corrected chi connectivity index (χ2v) is 6.59. The van der Waals surface area contributed by atoms with Gasteiger partial charge in [-0.3, -0.25) is 9.69 Å². The fourth-order valence-electron chi connectivity index (χ4n) is 3.58. The van der Waals surface area contributed by atoms with Crippen molar-refractivity contribution in [3.05, 3.63) is 23.7 Å². The number of rotatable bonds is 6. The van der Waals surface area contributed by atoms with Crippen LogP contribution in [0.4, 0.5) is 0 Å². The van der Waals surface area contributed by atoms with E-state index in [-0.39, 0.29) is 5.91 Å². The van der Waals surface area contributed by atoms with E-state index in [9.17, 15) is 4.79 Å². The number of methoxy groups -OCH3 is 1. The van der Waals surface area contributed by atoms with Crippen LogP contribution in [0.2, 0.25) is 0 Å². The highest BCUT2D eigenvalue weighted by Crippen LogP contribution is 2.23. The van der Waals surface area contributed by atoms with Crippen molar-refractivity contribution in [3.8, 4) is 0 Å². The molecule has 0 unspecified atom stereocenters. The van der Waals surface area contributed by atoms with Gasteiger partial charge in [0.2, 0.25) is 0 Å². The Morgan fingerprint density at radius 3 is 2.88 bits per heavy atom. The number of amides is 1. The van der Waals surface area contributed by atoms with E-state index < -0.39 is 0 Å². The normalized spacial score (nSPS) is 22.7. The quantitative estimate of drug-likeness (QED) is 0.797. The number of nitrogens with zero attached hydrogens (tertiary/aromatic N) is 2. The standard InChI is InChI=1S/C18H28N2O4/c1-22-14-16-5-6-17(24-16)18(21)20-8-3-2-4-15(20)7-9-19-10-12-23-13-11-19/h5-6,15H,2-4,7-14H2,1H3/t15-/m1/s1. The first-order chi connectivity index (χ1) is 11.8. The SMILES string of the molecule is COCc1ccc(C(=O)N2CCCC[C@@H]2CCN2CCOCC2)o1. The van der Waals surface area contributed by atoms with Crippen LogP contribution in [-0.2, 0) is 16.1 Å². The van der Waals surface area contributed by atoms with E-state index in [1.807, 2.05) is 11.0 Å². The van der Waals surface area contributed by atoms with Gasteiger partial charge in [-0.15, -0.1) is 0 Å². The maximum Gasteiger partial charge on any atom is 0.289 e. The van der Waals surface area contributed by atoms with Crippen molar-refractivity contribution < 1.29 is 18.7 Å². The molecule has 1 amide bonds. The third-order valence-electron chi connectivity index (χ3n) is 4.93. The highest BCUT2D eigenvalue weighted by Gasteiger charge is 2.29. The maximum atomic E-state index is 12.8. The van der Waals surface area contributed by atoms with Crippen molar-refractivity contribution in [2.45, 2.75) is 38.3 Å². The van der Waals surface area contributed by atoms with Crippen LogP contribution in [-0.4, -0.2) is 68.3 Å². The second kappa shape index (κ2) is 8.65. The molecule has 0 spiro atoms. The van der Waals surface area contributed by atoms with Gasteiger partial charge in [0.1, 0.15) is 12.4 Å². The highest BCUT2D eigenvalue weighted by molar-refractivity contribution is 5.91. The van der Waals surface area contributed by atoms with Gasteiger partial charge in [0.15, 0.2) is 5.76 Å². The van der Waals surface area contributed by atoms with Crippen LogP contribution in [0.3, 0.4) is 0 Å². The van der Waals surface area contributed by atoms with E-state index in [2.05, 4.69) is 4.90 Å². The average Bonchev–Trinajstić information content (AvgIpc) is 3.09. The van der Waals surface area contributed by atoms with Crippen molar-refractivity contribution in [1.82, 2.24) is 9.80 Å². The van der Waals surface area contributed by atoms with Gasteiger partial charge in [-0.2, -0.15) is 0 Å². The minimum absolute atomic E-state index is 0.0176. The van der Waals surface area contributed by atoms with Crippen LogP contribution < -0.4 is 0 Å². The summed E-state index contributed by atoms with van der Waals surface area (Å²) < 4.78 is 16.1. The third kappa shape index (κ3) is 4.37. The van der Waals surface area contributed by atoms with Crippen LogP contribution in [0, 0.1) is 0 Å². The predicted molar refractivity (Wildman–Crippen MR) is 90.0 cm³/mol. The predicted octanol–water partition coefficient (Wildman–Crippen LogP) is 2.14. The summed E-state index contributed by atoms with van der Waals surface area (Å²) in [4.78, 5) is 17.3. The minimum Gasteiger partial charge on any atom is -0.453 e. The number of piperidine rings is 1. The monoisotopic (exact) mass is 336 g/mol. The zero-order valence-corrected chi connectivity index (χ0v) is 14.5. The molecule has 1 aromatic rings. The topological polar surface area (TPSA) is 55.2 Å². The first-order valence-electron chi connectivity index (χ1n) is 8.96. The molecule has 134 valence electrons. The summed E-state index contributed by atoms with van der Waals surface area (Å²) >= 11 is 0. The molecule has 2 aliphatic heterocycles. The molecule has 0 N–H and O–H groups in total. The zero-order chi connectivity index (χ0) is 16.8. The van der Waals surface area contributed by atoms with E-state index in [4.69, 9.17) is 13.9 Å². The number of hydrogen-bond acceptors (Lipinski definition) is 5. The highest BCUT2D eigenvalue weighted by atomic mass is 16.5. The van der Waals surface area contributed by atoms with E-state index in [1.165, 1.54) is 6.42 Å². The van der Waals surface area contributed by atoms with Crippen LogP contribution in [0.15, 0.2) is 16.5 Å². The molecule has 0 aromatic carbocycles. The van der Waals surface area contributed by atoms with Gasteiger partial charge in [-0.05, 0) is 37.8 Å². The van der Waals surface area contributed by atoms with E-state index >= 15 is 0 Å². The Morgan fingerprint density at radius 1 is 1.25 bits per heavy atom. The van der Waals surface area contributed by atoms with Crippen LogP contribution in [0.5, 0.6) is 0 Å². The lowest BCUT2D eigenvalue weighted by Crippen LogP contribution is -2.46. The molecule has 24 heavy (non-hydrogen) atoms. The van der Waals surface area contributed by atoms with Gasteiger partial charge in [0, 0.05) is 39.3 Å². The van der Waals surface area contributed by atoms with Crippen LogP contribution >= 0.6 is 0 Å². The van der Waals surface area contributed by atoms with E-state index in [0.29, 0.717) is 24.2 Å². The molecule has 2 saturated heterocycles. The van der Waals surface area contributed by atoms with Gasteiger partial charge < -0.3 is 18.8 Å². The van der Waals surface area contributed by atoms with Crippen LogP contribution in [0.1, 0.15) is 42.0 Å². The number of morpholine rings is 1. The molecule has 1 atom stereocenters. The molecule has 6 heteroatoms. The average molecular weight is 336 g/mol. The fourth-order valence-corrected chi connectivity index (χ4v) is 3.58. The summed E-state index contributed by atoms with van der Waals surface area (Å²) in [6.45, 7) is 5.90. The molecule has 0 radical (unpaired) electrons. The number of hydrogen-bond donors (Lipinski definition) is 0. The van der Waals surface area contributed by atoms with Gasteiger partial charge in [-0.1, -0.05) is 0 Å². The largest absolute Gasteiger partial charge is 0.453 e. The Bertz CT molecular complexity index is 525. The number of ether oxygens (including phenoxy) is 2. The summed E-state index contributed by atoms with van der Waals surface area (Å²) in [6, 6.07) is 3.90. The lowest BCUT2D eigenvalue weighted by Gasteiger charge is -2.37. The Morgan fingerprint density at radius 2 is 2.08 bits per heavy atom. The van der Waals surface area contributed by atoms with E-state index in [0.717, 1.165) is 58.7 Å². The molecule has 3 heterocycles. The van der Waals surface area contributed by atoms with Crippen molar-refractivity contribution in [2.75, 3.05) is 46.5 Å². The first-order valence-corrected chi connectivity index (χ1v) is 8.96. The van der Waals surface area contributed by atoms with Crippen molar-refractivity contribution in [2.24, 2.45) is 0 Å². The Kier molecular flexibility index (Phi) is 6.29. The molecule has 2 fully saturated rings. The molecule has 2 aliphatic rings. The second-order valence-electron chi connectivity index (χ2n) is 6.59. The third-order valence-corrected chi connectivity index (χ3v) is 4.93. The van der Waals surface area contributed by atoms with Gasteiger partial charge in [0.25, 0.3) is 5.91 Å². The van der Waals surface area contributed by atoms with Gasteiger partial charge in [0.05, 0.1) is 13.2 Å². The molecule has 3 rings (SSSR count). The van der Waals surface area contributed by atoms with E-state index in [1.54, 1.807) is 13.2 Å². The lowest BCUT2D eigenvalue weighted by atomic mass is 9.98. The number of furan rings is 1. The molecule has 1 aromatic heterocycles. The summed E-state index contributed by atoms with van der Waals surface area (Å²) in [7, 11) is 1.62. The number of carbonyl (C=O) groups is 1. The lowest BCUT2D eigenvalue weighted by molar-refractivity contribution is 0.0289. The minimum atomic E-state index is 0.0176. The summed E-state index contributed by atoms with van der Waals surface area (Å²) in [6.07, 6.45) is 4.38. The molecule has 0 aliphatic carbocycles. The molecular formula is C18H28N2O4. The number of carbonyl (C=O) groups excluding carboxylic acids is 1. The van der Waals surface area contributed by atoms with Gasteiger partial charge >= 0.3 is 0 Å². The molecular weight excluding hydrogens is 308 g/mol. The summed E-state index contributed by atoms with van der Waals surface area (Å²) in [5.41, 5.74) is 0. The van der Waals surface area contributed by atoms with Crippen LogP contribution in [0.25, 0.3) is 0 Å². The maximum absolute atomic E-state index is 12.8. The summed E-state index contributed by atoms with van der Waals surface area (Å²) in [5.74, 6) is 1.15. The Labute approximate surface area is 143 Å².